The summed E-state index contributed by atoms with van der Waals surface area (Å²) >= 11 is 0. The number of benzene rings is 2. The Kier molecular flexibility index (Phi) is 6.63. The van der Waals surface area contributed by atoms with Crippen molar-refractivity contribution in [3.63, 3.8) is 0 Å². The van der Waals surface area contributed by atoms with Gasteiger partial charge in [0, 0.05) is 24.2 Å². The van der Waals surface area contributed by atoms with Gasteiger partial charge in [-0.1, -0.05) is 0 Å². The lowest BCUT2D eigenvalue weighted by Gasteiger charge is -2.12. The number of aromatic nitrogens is 2. The average molecular weight is 453 g/mol. The summed E-state index contributed by atoms with van der Waals surface area (Å²) in [6.45, 7) is 0.380. The first-order chi connectivity index (χ1) is 16.1. The van der Waals surface area contributed by atoms with Crippen molar-refractivity contribution in [2.45, 2.75) is 6.54 Å². The van der Waals surface area contributed by atoms with Crippen LogP contribution in [-0.2, 0) is 11.3 Å². The molecule has 0 radical (unpaired) electrons. The number of nitrogens with one attached hydrogen (secondary N) is 1. The molecule has 1 N–H and O–H groups in total. The summed E-state index contributed by atoms with van der Waals surface area (Å²) in [4.78, 5) is 24.4. The van der Waals surface area contributed by atoms with E-state index >= 15 is 0 Å². The van der Waals surface area contributed by atoms with E-state index in [-0.39, 0.29) is 38.0 Å². The molecule has 2 aromatic carbocycles. The van der Waals surface area contributed by atoms with Gasteiger partial charge in [-0.2, -0.15) is 5.10 Å². The number of ether oxygens (including phenoxy) is 5. The van der Waals surface area contributed by atoms with Gasteiger partial charge in [-0.05, 0) is 36.4 Å². The van der Waals surface area contributed by atoms with E-state index in [2.05, 4.69) is 10.4 Å². The van der Waals surface area contributed by atoms with Crippen LogP contribution < -0.4 is 34.6 Å². The van der Waals surface area contributed by atoms with E-state index in [4.69, 9.17) is 23.7 Å². The minimum absolute atomic E-state index is 0.165. The zero-order valence-corrected chi connectivity index (χ0v) is 18.2. The summed E-state index contributed by atoms with van der Waals surface area (Å²) < 4.78 is 28.0. The van der Waals surface area contributed by atoms with Crippen molar-refractivity contribution in [2.75, 3.05) is 34.2 Å². The van der Waals surface area contributed by atoms with Crippen LogP contribution in [0.5, 0.6) is 28.7 Å². The summed E-state index contributed by atoms with van der Waals surface area (Å²) in [5, 5.41) is 7.13. The summed E-state index contributed by atoms with van der Waals surface area (Å²) in [5.74, 6) is 2.62. The van der Waals surface area contributed by atoms with E-state index in [0.29, 0.717) is 40.0 Å². The van der Waals surface area contributed by atoms with Crippen LogP contribution in [0.25, 0.3) is 11.3 Å². The highest BCUT2D eigenvalue weighted by molar-refractivity contribution is 5.77. The molecule has 10 nitrogen and oxygen atoms in total. The van der Waals surface area contributed by atoms with E-state index in [1.807, 2.05) is 0 Å². The number of methoxy groups -OCH3 is 2. The van der Waals surface area contributed by atoms with E-state index < -0.39 is 0 Å². The van der Waals surface area contributed by atoms with Gasteiger partial charge in [0.25, 0.3) is 11.5 Å². The molecule has 1 aromatic heterocycles. The first-order valence-electron chi connectivity index (χ1n) is 10.2. The summed E-state index contributed by atoms with van der Waals surface area (Å²) in [6, 6.07) is 13.5. The predicted octanol–water partition coefficient (Wildman–Crippen LogP) is 1.85. The van der Waals surface area contributed by atoms with E-state index in [9.17, 15) is 9.59 Å². The molecule has 172 valence electrons. The Bertz CT molecular complexity index is 1210. The molecule has 4 rings (SSSR count). The quantitative estimate of drug-likeness (QED) is 0.523. The van der Waals surface area contributed by atoms with Gasteiger partial charge in [0.05, 0.1) is 26.5 Å². The normalized spacial score (nSPS) is 11.7. The van der Waals surface area contributed by atoms with Gasteiger partial charge in [-0.15, -0.1) is 0 Å². The first kappa shape index (κ1) is 22.0. The van der Waals surface area contributed by atoms with Gasteiger partial charge in [0.15, 0.2) is 18.1 Å². The number of rotatable bonds is 9. The molecule has 10 heteroatoms. The molecule has 0 bridgehead atoms. The van der Waals surface area contributed by atoms with Crippen molar-refractivity contribution in [2.24, 2.45) is 0 Å². The van der Waals surface area contributed by atoms with Crippen molar-refractivity contribution < 1.29 is 28.5 Å². The monoisotopic (exact) mass is 453 g/mol. The minimum atomic E-state index is -0.327. The smallest absolute Gasteiger partial charge is 0.266 e. The van der Waals surface area contributed by atoms with E-state index in [1.54, 1.807) is 56.7 Å². The topological polar surface area (TPSA) is 110 Å². The van der Waals surface area contributed by atoms with Gasteiger partial charge in [-0.25, -0.2) is 4.68 Å². The molecule has 0 saturated carbocycles. The predicted molar refractivity (Wildman–Crippen MR) is 118 cm³/mol. The second-order valence-corrected chi connectivity index (χ2v) is 7.00. The van der Waals surface area contributed by atoms with Crippen molar-refractivity contribution in [3.05, 3.63) is 58.9 Å². The summed E-state index contributed by atoms with van der Waals surface area (Å²) in [6.07, 6.45) is 0. The van der Waals surface area contributed by atoms with Gasteiger partial charge in [-0.3, -0.25) is 9.59 Å². The lowest BCUT2D eigenvalue weighted by molar-refractivity contribution is -0.123. The zero-order chi connectivity index (χ0) is 23.2. The molecule has 2 heterocycles. The van der Waals surface area contributed by atoms with Crippen LogP contribution in [0.1, 0.15) is 0 Å². The van der Waals surface area contributed by atoms with Crippen molar-refractivity contribution in [1.82, 2.24) is 15.1 Å². The highest BCUT2D eigenvalue weighted by Gasteiger charge is 2.14. The number of fused-ring (bicyclic) bond motifs is 1. The zero-order valence-electron chi connectivity index (χ0n) is 18.2. The summed E-state index contributed by atoms with van der Waals surface area (Å²) in [7, 11) is 3.13. The lowest BCUT2D eigenvalue weighted by Crippen LogP contribution is -2.34. The van der Waals surface area contributed by atoms with E-state index in [0.717, 1.165) is 0 Å². The standard InChI is InChI=1S/C23H23N3O7/c1-29-15-3-6-19(30-2)17(11-15)18-5-8-23(28)26(25-18)10-9-24-22(27)13-31-16-4-7-20-21(12-16)33-14-32-20/h3-8,11-12H,9-10,13-14H2,1-2H3,(H,24,27). The first-order valence-corrected chi connectivity index (χ1v) is 10.2. The van der Waals surface area contributed by atoms with Crippen LogP contribution in [0, 0.1) is 0 Å². The molecule has 0 unspecified atom stereocenters. The maximum absolute atomic E-state index is 12.2. The Morgan fingerprint density at radius 3 is 2.67 bits per heavy atom. The highest BCUT2D eigenvalue weighted by Crippen LogP contribution is 2.35. The Morgan fingerprint density at radius 1 is 1.03 bits per heavy atom. The number of carbonyl (C=O) groups is 1. The lowest BCUT2D eigenvalue weighted by atomic mass is 10.1. The van der Waals surface area contributed by atoms with Gasteiger partial charge >= 0.3 is 0 Å². The number of hydrogen-bond donors (Lipinski definition) is 1. The van der Waals surface area contributed by atoms with Crippen molar-refractivity contribution in [1.29, 1.82) is 0 Å². The Hall–Kier alpha value is -4.21. The molecular weight excluding hydrogens is 430 g/mol. The molecule has 0 fully saturated rings. The van der Waals surface area contributed by atoms with Crippen molar-refractivity contribution in [3.8, 4) is 40.0 Å². The number of carbonyl (C=O) groups excluding carboxylic acids is 1. The van der Waals surface area contributed by atoms with E-state index in [1.165, 1.54) is 10.7 Å². The van der Waals surface area contributed by atoms with Crippen LogP contribution in [0.3, 0.4) is 0 Å². The largest absolute Gasteiger partial charge is 0.497 e. The number of amides is 1. The molecule has 0 saturated heterocycles. The van der Waals surface area contributed by atoms with Crippen LogP contribution in [0.2, 0.25) is 0 Å². The fraction of sp³-hybridized carbons (Fsp3) is 0.261. The van der Waals surface area contributed by atoms with Gasteiger partial charge in [0.1, 0.15) is 17.2 Å². The fourth-order valence-corrected chi connectivity index (χ4v) is 3.23. The molecule has 0 atom stereocenters. The number of hydrogen-bond acceptors (Lipinski definition) is 8. The average Bonchev–Trinajstić information content (AvgIpc) is 3.31. The van der Waals surface area contributed by atoms with Crippen LogP contribution in [-0.4, -0.2) is 49.9 Å². The Balaban J connectivity index is 1.35. The molecule has 0 spiro atoms. The summed E-state index contributed by atoms with van der Waals surface area (Å²) in [5.41, 5.74) is 0.945. The molecule has 0 aliphatic carbocycles. The SMILES string of the molecule is COc1ccc(OC)c(-c2ccc(=O)n(CCNC(=O)COc3ccc4c(c3)OCO4)n2)c1. The molecule has 33 heavy (non-hydrogen) atoms. The maximum Gasteiger partial charge on any atom is 0.266 e. The second kappa shape index (κ2) is 9.94. The third-order valence-electron chi connectivity index (χ3n) is 4.91. The molecule has 1 amide bonds. The maximum atomic E-state index is 12.2. The third kappa shape index (κ3) is 5.17. The van der Waals surface area contributed by atoms with Crippen LogP contribution in [0.15, 0.2) is 53.3 Å². The second-order valence-electron chi connectivity index (χ2n) is 7.00. The fourth-order valence-electron chi connectivity index (χ4n) is 3.23. The van der Waals surface area contributed by atoms with Gasteiger partial charge in [0.2, 0.25) is 6.79 Å². The molecule has 1 aliphatic rings. The van der Waals surface area contributed by atoms with Crippen LogP contribution >= 0.6 is 0 Å². The Labute approximate surface area is 189 Å². The van der Waals surface area contributed by atoms with Crippen molar-refractivity contribution >= 4 is 5.91 Å². The molecule has 3 aromatic rings. The minimum Gasteiger partial charge on any atom is -0.497 e. The van der Waals surface area contributed by atoms with Gasteiger partial charge < -0.3 is 29.0 Å². The molecular formula is C23H23N3O7. The Morgan fingerprint density at radius 2 is 1.85 bits per heavy atom. The third-order valence-corrected chi connectivity index (χ3v) is 4.91. The molecule has 1 aliphatic heterocycles. The number of nitrogens with zero attached hydrogens (tertiary/aromatic N) is 2. The highest BCUT2D eigenvalue weighted by atomic mass is 16.7. The van der Waals surface area contributed by atoms with Crippen LogP contribution in [0.4, 0.5) is 0 Å².